The first-order chi connectivity index (χ1) is 12.7. The number of ether oxygens (including phenoxy) is 1. The third kappa shape index (κ3) is 5.06. The summed E-state index contributed by atoms with van der Waals surface area (Å²) >= 11 is 0. The second-order valence-corrected chi connectivity index (χ2v) is 7.86. The molecule has 0 saturated carbocycles. The standard InChI is InChI=1S/C21H33N3O2/c1-26-17-21(9-11-22-12-10-21)20(25)23-15-19-8-14-24(16-19)13-7-18-5-3-2-4-6-18/h2-6,19,22H,7-17H2,1H3,(H,23,25). The number of piperidine rings is 1. The molecule has 2 aliphatic rings. The van der Waals surface area contributed by atoms with Crippen LogP contribution >= 0.6 is 0 Å². The van der Waals surface area contributed by atoms with Crippen molar-refractivity contribution < 1.29 is 9.53 Å². The second kappa shape index (κ2) is 9.49. The highest BCUT2D eigenvalue weighted by Crippen LogP contribution is 2.29. The van der Waals surface area contributed by atoms with Crippen molar-refractivity contribution in [3.63, 3.8) is 0 Å². The Labute approximate surface area is 157 Å². The van der Waals surface area contributed by atoms with Crippen LogP contribution in [0.25, 0.3) is 0 Å². The van der Waals surface area contributed by atoms with Crippen LogP contribution in [0.15, 0.2) is 30.3 Å². The van der Waals surface area contributed by atoms with Crippen LogP contribution in [0.2, 0.25) is 0 Å². The SMILES string of the molecule is COCC1(C(=O)NCC2CCN(CCc3ccccc3)C2)CCNCC1. The molecule has 0 aliphatic carbocycles. The number of hydrogen-bond acceptors (Lipinski definition) is 4. The van der Waals surface area contributed by atoms with Gasteiger partial charge in [-0.25, -0.2) is 0 Å². The lowest BCUT2D eigenvalue weighted by Gasteiger charge is -2.35. The van der Waals surface area contributed by atoms with Crippen molar-refractivity contribution >= 4 is 5.91 Å². The largest absolute Gasteiger partial charge is 0.384 e. The molecule has 2 saturated heterocycles. The molecule has 2 N–H and O–H groups in total. The molecule has 0 bridgehead atoms. The highest BCUT2D eigenvalue weighted by Gasteiger charge is 2.39. The van der Waals surface area contributed by atoms with Gasteiger partial charge < -0.3 is 20.3 Å². The maximum Gasteiger partial charge on any atom is 0.228 e. The van der Waals surface area contributed by atoms with Gasteiger partial charge in [-0.1, -0.05) is 30.3 Å². The predicted molar refractivity (Wildman–Crippen MR) is 104 cm³/mol. The first kappa shape index (κ1) is 19.3. The Morgan fingerprint density at radius 1 is 1.31 bits per heavy atom. The second-order valence-electron chi connectivity index (χ2n) is 7.86. The Morgan fingerprint density at radius 3 is 2.81 bits per heavy atom. The normalized spacial score (nSPS) is 23.0. The van der Waals surface area contributed by atoms with Gasteiger partial charge in [0.15, 0.2) is 0 Å². The zero-order chi connectivity index (χ0) is 18.2. The summed E-state index contributed by atoms with van der Waals surface area (Å²) in [5.41, 5.74) is 1.06. The van der Waals surface area contributed by atoms with Crippen LogP contribution in [0.1, 0.15) is 24.8 Å². The molecule has 1 amide bonds. The Balaban J connectivity index is 1.41. The fourth-order valence-electron chi connectivity index (χ4n) is 4.26. The molecule has 5 nitrogen and oxygen atoms in total. The molecule has 2 heterocycles. The van der Waals surface area contributed by atoms with Crippen molar-refractivity contribution in [1.82, 2.24) is 15.5 Å². The highest BCUT2D eigenvalue weighted by molar-refractivity contribution is 5.83. The van der Waals surface area contributed by atoms with Crippen molar-refractivity contribution in [2.45, 2.75) is 25.7 Å². The molecule has 0 spiro atoms. The van der Waals surface area contributed by atoms with Gasteiger partial charge in [0.1, 0.15) is 0 Å². The first-order valence-corrected chi connectivity index (χ1v) is 9.96. The molecule has 0 radical (unpaired) electrons. The number of carbonyl (C=O) groups is 1. The van der Waals surface area contributed by atoms with Crippen molar-refractivity contribution in [2.75, 3.05) is 53.0 Å². The fourth-order valence-corrected chi connectivity index (χ4v) is 4.26. The molecule has 1 aromatic carbocycles. The summed E-state index contributed by atoms with van der Waals surface area (Å²) in [4.78, 5) is 15.4. The maximum absolute atomic E-state index is 12.8. The number of amides is 1. The van der Waals surface area contributed by atoms with E-state index in [1.807, 2.05) is 0 Å². The van der Waals surface area contributed by atoms with Gasteiger partial charge in [0.25, 0.3) is 0 Å². The van der Waals surface area contributed by atoms with E-state index in [1.165, 1.54) is 12.0 Å². The number of carbonyl (C=O) groups excluding carboxylic acids is 1. The van der Waals surface area contributed by atoms with Crippen LogP contribution < -0.4 is 10.6 Å². The number of nitrogens with zero attached hydrogens (tertiary/aromatic N) is 1. The first-order valence-electron chi connectivity index (χ1n) is 9.96. The van der Waals surface area contributed by atoms with E-state index in [2.05, 4.69) is 45.9 Å². The van der Waals surface area contributed by atoms with E-state index in [0.717, 1.165) is 58.5 Å². The van der Waals surface area contributed by atoms with Gasteiger partial charge in [0.2, 0.25) is 5.91 Å². The van der Waals surface area contributed by atoms with Crippen LogP contribution in [-0.2, 0) is 16.0 Å². The third-order valence-electron chi connectivity index (χ3n) is 5.94. The van der Waals surface area contributed by atoms with Crippen LogP contribution in [-0.4, -0.2) is 63.8 Å². The van der Waals surface area contributed by atoms with Crippen LogP contribution in [0.4, 0.5) is 0 Å². The van der Waals surface area contributed by atoms with Gasteiger partial charge in [-0.05, 0) is 56.8 Å². The Hall–Kier alpha value is -1.43. The van der Waals surface area contributed by atoms with Gasteiger partial charge in [0.05, 0.1) is 12.0 Å². The van der Waals surface area contributed by atoms with Crippen molar-refractivity contribution in [3.8, 4) is 0 Å². The van der Waals surface area contributed by atoms with E-state index in [0.29, 0.717) is 12.5 Å². The molecule has 26 heavy (non-hydrogen) atoms. The number of hydrogen-bond donors (Lipinski definition) is 2. The lowest BCUT2D eigenvalue weighted by Crippen LogP contribution is -2.51. The molecule has 0 aromatic heterocycles. The monoisotopic (exact) mass is 359 g/mol. The van der Waals surface area contributed by atoms with Gasteiger partial charge in [-0.2, -0.15) is 0 Å². The Morgan fingerprint density at radius 2 is 2.08 bits per heavy atom. The van der Waals surface area contributed by atoms with E-state index in [-0.39, 0.29) is 11.3 Å². The van der Waals surface area contributed by atoms with Crippen LogP contribution in [0.5, 0.6) is 0 Å². The topological polar surface area (TPSA) is 53.6 Å². The smallest absolute Gasteiger partial charge is 0.228 e. The molecule has 3 rings (SSSR count). The average Bonchev–Trinajstić information content (AvgIpc) is 3.14. The summed E-state index contributed by atoms with van der Waals surface area (Å²) < 4.78 is 5.37. The summed E-state index contributed by atoms with van der Waals surface area (Å²) in [6.45, 7) is 6.44. The lowest BCUT2D eigenvalue weighted by molar-refractivity contribution is -0.136. The number of likely N-dealkylation sites (tertiary alicyclic amines) is 1. The highest BCUT2D eigenvalue weighted by atomic mass is 16.5. The van der Waals surface area contributed by atoms with Crippen LogP contribution in [0, 0.1) is 11.3 Å². The van der Waals surface area contributed by atoms with E-state index in [1.54, 1.807) is 7.11 Å². The van der Waals surface area contributed by atoms with Crippen LogP contribution in [0.3, 0.4) is 0 Å². The van der Waals surface area contributed by atoms with Gasteiger partial charge in [-0.3, -0.25) is 4.79 Å². The summed E-state index contributed by atoms with van der Waals surface area (Å²) in [5.74, 6) is 0.750. The van der Waals surface area contributed by atoms with E-state index in [9.17, 15) is 4.79 Å². The predicted octanol–water partition coefficient (Wildman–Crippen LogP) is 1.68. The van der Waals surface area contributed by atoms with E-state index >= 15 is 0 Å². The molecule has 144 valence electrons. The number of benzene rings is 1. The minimum atomic E-state index is -0.342. The Kier molecular flexibility index (Phi) is 7.06. The van der Waals surface area contributed by atoms with Crippen molar-refractivity contribution in [3.05, 3.63) is 35.9 Å². The molecular weight excluding hydrogens is 326 g/mol. The number of nitrogens with one attached hydrogen (secondary N) is 2. The minimum absolute atomic E-state index is 0.184. The quantitative estimate of drug-likeness (QED) is 0.742. The summed E-state index contributed by atoms with van der Waals surface area (Å²) in [5, 5.41) is 6.58. The molecular formula is C21H33N3O2. The van der Waals surface area contributed by atoms with Crippen molar-refractivity contribution in [1.29, 1.82) is 0 Å². The number of methoxy groups -OCH3 is 1. The van der Waals surface area contributed by atoms with Gasteiger partial charge >= 0.3 is 0 Å². The maximum atomic E-state index is 12.8. The van der Waals surface area contributed by atoms with E-state index in [4.69, 9.17) is 4.74 Å². The van der Waals surface area contributed by atoms with Gasteiger partial charge in [0, 0.05) is 26.7 Å². The lowest BCUT2D eigenvalue weighted by atomic mass is 9.78. The summed E-state index contributed by atoms with van der Waals surface area (Å²) in [7, 11) is 1.69. The molecule has 1 atom stereocenters. The fraction of sp³-hybridized carbons (Fsp3) is 0.667. The summed E-state index contributed by atoms with van der Waals surface area (Å²) in [6.07, 6.45) is 4.00. The molecule has 2 fully saturated rings. The molecule has 1 aromatic rings. The molecule has 2 aliphatic heterocycles. The zero-order valence-electron chi connectivity index (χ0n) is 16.0. The van der Waals surface area contributed by atoms with E-state index < -0.39 is 0 Å². The average molecular weight is 360 g/mol. The summed E-state index contributed by atoms with van der Waals surface area (Å²) in [6, 6.07) is 10.7. The minimum Gasteiger partial charge on any atom is -0.384 e. The zero-order valence-corrected chi connectivity index (χ0v) is 16.0. The molecule has 5 heteroatoms. The third-order valence-corrected chi connectivity index (χ3v) is 5.94. The molecule has 1 unspecified atom stereocenters. The Bertz CT molecular complexity index is 552. The number of rotatable bonds is 8. The van der Waals surface area contributed by atoms with Gasteiger partial charge in [-0.15, -0.1) is 0 Å². The van der Waals surface area contributed by atoms with Crippen molar-refractivity contribution in [2.24, 2.45) is 11.3 Å².